The van der Waals surface area contributed by atoms with Crippen LogP contribution in [0.5, 0.6) is 0 Å². The van der Waals surface area contributed by atoms with Crippen molar-refractivity contribution in [3.63, 3.8) is 0 Å². The number of fused-ring (bicyclic) bond motifs is 1. The van der Waals surface area contributed by atoms with E-state index in [4.69, 9.17) is 12.2 Å². The number of hydrogen-bond acceptors (Lipinski definition) is 4. The van der Waals surface area contributed by atoms with Crippen LogP contribution >= 0.6 is 23.6 Å². The summed E-state index contributed by atoms with van der Waals surface area (Å²) in [5.74, 6) is -0.950. The molecule has 0 saturated heterocycles. The van der Waals surface area contributed by atoms with Gasteiger partial charge < -0.3 is 5.32 Å². The van der Waals surface area contributed by atoms with Crippen LogP contribution in [-0.4, -0.2) is 16.0 Å². The topological polar surface area (TPSA) is 54.0 Å². The molecule has 4 nitrogen and oxygen atoms in total. The largest absolute Gasteiger partial charge is 0.332 e. The van der Waals surface area contributed by atoms with E-state index in [1.165, 1.54) is 18.2 Å². The first-order valence-corrected chi connectivity index (χ1v) is 9.65. The minimum Gasteiger partial charge on any atom is -0.332 e. The van der Waals surface area contributed by atoms with E-state index in [1.807, 2.05) is 48.5 Å². The number of nitrogens with one attached hydrogen (secondary N) is 2. The minimum absolute atomic E-state index is 0.135. The zero-order valence-corrected chi connectivity index (χ0v) is 16.1. The van der Waals surface area contributed by atoms with Crippen LogP contribution in [0.2, 0.25) is 0 Å². The molecule has 28 heavy (non-hydrogen) atoms. The summed E-state index contributed by atoms with van der Waals surface area (Å²) in [7, 11) is 0. The highest BCUT2D eigenvalue weighted by molar-refractivity contribution is 7.80. The van der Waals surface area contributed by atoms with Gasteiger partial charge >= 0.3 is 0 Å². The maximum Gasteiger partial charge on any atom is 0.257 e. The van der Waals surface area contributed by atoms with Gasteiger partial charge in [0.25, 0.3) is 5.91 Å². The zero-order valence-electron chi connectivity index (χ0n) is 14.5. The van der Waals surface area contributed by atoms with Crippen LogP contribution in [0.15, 0.2) is 72.8 Å². The molecule has 4 rings (SSSR count). The molecule has 7 heteroatoms. The van der Waals surface area contributed by atoms with Crippen molar-refractivity contribution in [2.45, 2.75) is 0 Å². The molecule has 1 amide bonds. The predicted molar refractivity (Wildman–Crippen MR) is 115 cm³/mol. The van der Waals surface area contributed by atoms with E-state index in [0.717, 1.165) is 32.5 Å². The third kappa shape index (κ3) is 4.05. The molecule has 0 fully saturated rings. The highest BCUT2D eigenvalue weighted by Gasteiger charge is 2.10. The zero-order chi connectivity index (χ0) is 19.5. The van der Waals surface area contributed by atoms with Gasteiger partial charge in [0.15, 0.2) is 5.11 Å². The summed E-state index contributed by atoms with van der Waals surface area (Å²) >= 11 is 6.82. The summed E-state index contributed by atoms with van der Waals surface area (Å²) in [5, 5.41) is 6.58. The number of carbonyl (C=O) groups excluding carboxylic acids is 1. The van der Waals surface area contributed by atoms with E-state index in [1.54, 1.807) is 11.3 Å². The van der Waals surface area contributed by atoms with Gasteiger partial charge in [-0.2, -0.15) is 0 Å². The molecule has 3 aromatic carbocycles. The Balaban J connectivity index is 1.48. The number of benzene rings is 3. The Labute approximate surface area is 170 Å². The number of thiocarbonyl (C=S) groups is 1. The van der Waals surface area contributed by atoms with Crippen LogP contribution < -0.4 is 10.6 Å². The molecule has 0 aliphatic heterocycles. The van der Waals surface area contributed by atoms with Gasteiger partial charge in [-0.05, 0) is 54.7 Å². The second kappa shape index (κ2) is 7.84. The van der Waals surface area contributed by atoms with Gasteiger partial charge in [0, 0.05) is 16.8 Å². The van der Waals surface area contributed by atoms with Crippen LogP contribution in [0.25, 0.3) is 20.8 Å². The van der Waals surface area contributed by atoms with Crippen molar-refractivity contribution in [3.05, 3.63) is 84.2 Å². The molecule has 1 heterocycles. The van der Waals surface area contributed by atoms with Crippen molar-refractivity contribution in [2.75, 3.05) is 5.32 Å². The minimum atomic E-state index is -0.477. The van der Waals surface area contributed by atoms with Crippen molar-refractivity contribution in [1.82, 2.24) is 10.3 Å². The third-order valence-electron chi connectivity index (χ3n) is 3.98. The van der Waals surface area contributed by atoms with Gasteiger partial charge in [-0.15, -0.1) is 11.3 Å². The smallest absolute Gasteiger partial charge is 0.257 e. The van der Waals surface area contributed by atoms with E-state index in [9.17, 15) is 9.18 Å². The number of rotatable bonds is 3. The van der Waals surface area contributed by atoms with Gasteiger partial charge in [0.05, 0.1) is 10.2 Å². The molecule has 2 N–H and O–H groups in total. The van der Waals surface area contributed by atoms with Crippen LogP contribution in [0.4, 0.5) is 10.1 Å². The molecule has 138 valence electrons. The van der Waals surface area contributed by atoms with E-state index in [0.29, 0.717) is 0 Å². The second-order valence-electron chi connectivity index (χ2n) is 5.99. The summed E-state index contributed by atoms with van der Waals surface area (Å²) < 4.78 is 14.4. The average Bonchev–Trinajstić information content (AvgIpc) is 3.12. The number of nitrogens with zero attached hydrogens (tertiary/aromatic N) is 1. The summed E-state index contributed by atoms with van der Waals surface area (Å²) in [6, 6.07) is 21.0. The quantitative estimate of drug-likeness (QED) is 0.457. The second-order valence-corrected chi connectivity index (χ2v) is 7.43. The van der Waals surface area contributed by atoms with Crippen LogP contribution in [0.3, 0.4) is 0 Å². The summed E-state index contributed by atoms with van der Waals surface area (Å²) in [5.41, 5.74) is 2.83. The SMILES string of the molecule is O=C(NC(=S)Nc1cccc(-c2nc3ccccc3s2)c1)c1cccc(F)c1. The van der Waals surface area contributed by atoms with Gasteiger partial charge in [-0.1, -0.05) is 30.3 Å². The van der Waals surface area contributed by atoms with Crippen molar-refractivity contribution in [2.24, 2.45) is 0 Å². The first-order chi connectivity index (χ1) is 13.6. The number of thiazole rings is 1. The summed E-state index contributed by atoms with van der Waals surface area (Å²) in [4.78, 5) is 16.8. The first-order valence-electron chi connectivity index (χ1n) is 8.42. The van der Waals surface area contributed by atoms with Crippen LogP contribution in [-0.2, 0) is 0 Å². The lowest BCUT2D eigenvalue weighted by atomic mass is 10.2. The fraction of sp³-hybridized carbons (Fsp3) is 0. The number of carbonyl (C=O) groups is 1. The molecule has 0 atom stereocenters. The molecular formula is C21H14FN3OS2. The number of aromatic nitrogens is 1. The predicted octanol–water partition coefficient (Wildman–Crippen LogP) is 5.23. The molecule has 0 unspecified atom stereocenters. The average molecular weight is 407 g/mol. The molecule has 0 spiro atoms. The van der Waals surface area contributed by atoms with E-state index in [-0.39, 0.29) is 10.7 Å². The Hall–Kier alpha value is -3.16. The van der Waals surface area contributed by atoms with Gasteiger partial charge in [-0.3, -0.25) is 10.1 Å². The maximum atomic E-state index is 13.3. The van der Waals surface area contributed by atoms with Gasteiger partial charge in [0.1, 0.15) is 10.8 Å². The normalized spacial score (nSPS) is 10.6. The lowest BCUT2D eigenvalue weighted by Gasteiger charge is -2.10. The summed E-state index contributed by atoms with van der Waals surface area (Å²) in [6.07, 6.45) is 0. The molecule has 0 bridgehead atoms. The fourth-order valence-corrected chi connectivity index (χ4v) is 3.87. The van der Waals surface area contributed by atoms with Crippen molar-refractivity contribution in [3.8, 4) is 10.6 Å². The Morgan fingerprint density at radius 2 is 1.82 bits per heavy atom. The highest BCUT2D eigenvalue weighted by Crippen LogP contribution is 2.31. The Morgan fingerprint density at radius 3 is 2.64 bits per heavy atom. The molecule has 1 aromatic heterocycles. The third-order valence-corrected chi connectivity index (χ3v) is 5.26. The number of anilines is 1. The molecule has 0 saturated carbocycles. The van der Waals surface area contributed by atoms with E-state index < -0.39 is 11.7 Å². The Morgan fingerprint density at radius 1 is 1.00 bits per heavy atom. The van der Waals surface area contributed by atoms with Crippen LogP contribution in [0.1, 0.15) is 10.4 Å². The molecule has 0 aliphatic carbocycles. The standard InChI is InChI=1S/C21H14FN3OS2/c22-15-7-3-5-13(11-15)19(26)25-21(27)23-16-8-4-6-14(12-16)20-24-17-9-1-2-10-18(17)28-20/h1-12H,(H2,23,25,26,27). The lowest BCUT2D eigenvalue weighted by molar-refractivity contribution is 0.0977. The molecule has 0 radical (unpaired) electrons. The maximum absolute atomic E-state index is 13.3. The van der Waals surface area contributed by atoms with Crippen LogP contribution in [0, 0.1) is 5.82 Å². The first kappa shape index (κ1) is 18.2. The number of amides is 1. The van der Waals surface area contributed by atoms with Crippen molar-refractivity contribution in [1.29, 1.82) is 0 Å². The molecule has 0 aliphatic rings. The van der Waals surface area contributed by atoms with E-state index in [2.05, 4.69) is 15.6 Å². The lowest BCUT2D eigenvalue weighted by Crippen LogP contribution is -2.34. The number of halogens is 1. The molecular weight excluding hydrogens is 393 g/mol. The van der Waals surface area contributed by atoms with Gasteiger partial charge in [0.2, 0.25) is 0 Å². The monoisotopic (exact) mass is 407 g/mol. The molecule has 4 aromatic rings. The Bertz CT molecular complexity index is 1160. The van der Waals surface area contributed by atoms with Crippen molar-refractivity contribution >= 4 is 50.5 Å². The fourth-order valence-electron chi connectivity index (χ4n) is 2.69. The number of para-hydroxylation sites is 1. The van der Waals surface area contributed by atoms with E-state index >= 15 is 0 Å². The highest BCUT2D eigenvalue weighted by atomic mass is 32.1. The van der Waals surface area contributed by atoms with Gasteiger partial charge in [-0.25, -0.2) is 9.37 Å². The summed E-state index contributed by atoms with van der Waals surface area (Å²) in [6.45, 7) is 0. The number of hydrogen-bond donors (Lipinski definition) is 2. The Kier molecular flexibility index (Phi) is 5.10. The van der Waals surface area contributed by atoms with Crippen molar-refractivity contribution < 1.29 is 9.18 Å².